The molecule has 3 aromatic heterocycles. The van der Waals surface area contributed by atoms with Crippen molar-refractivity contribution in [1.82, 2.24) is 24.6 Å². The number of carbonyl (C=O) groups is 1. The molecule has 1 aliphatic rings. The van der Waals surface area contributed by atoms with Crippen molar-refractivity contribution in [3.05, 3.63) is 64.4 Å². The molecule has 7 heteroatoms. The third-order valence-electron chi connectivity index (χ3n) is 4.85. The number of amides is 1. The average molecular weight is 369 g/mol. The predicted octanol–water partition coefficient (Wildman–Crippen LogP) is 2.66. The van der Waals surface area contributed by atoms with Gasteiger partial charge in [0.25, 0.3) is 5.91 Å². The minimum Gasteiger partial charge on any atom is -0.351 e. The fourth-order valence-corrected chi connectivity index (χ4v) is 4.31. The SMILES string of the molecule is Cn1cccc1C(=O)NCC[C@@H]1CN(Cc2cccs2)Cc2ccnn21. The predicted molar refractivity (Wildman–Crippen MR) is 102 cm³/mol. The monoisotopic (exact) mass is 369 g/mol. The number of carbonyl (C=O) groups excluding carboxylic acids is 1. The number of nitrogens with zero attached hydrogens (tertiary/aromatic N) is 4. The Hall–Kier alpha value is -2.38. The molecule has 0 bridgehead atoms. The highest BCUT2D eigenvalue weighted by Gasteiger charge is 2.25. The molecule has 3 aromatic rings. The van der Waals surface area contributed by atoms with E-state index in [-0.39, 0.29) is 11.9 Å². The molecule has 4 heterocycles. The number of hydrogen-bond acceptors (Lipinski definition) is 4. The van der Waals surface area contributed by atoms with Crippen molar-refractivity contribution in [2.24, 2.45) is 7.05 Å². The summed E-state index contributed by atoms with van der Waals surface area (Å²) >= 11 is 1.80. The maximum Gasteiger partial charge on any atom is 0.267 e. The van der Waals surface area contributed by atoms with Crippen LogP contribution >= 0.6 is 11.3 Å². The zero-order valence-corrected chi connectivity index (χ0v) is 15.7. The van der Waals surface area contributed by atoms with E-state index in [4.69, 9.17) is 0 Å². The third-order valence-corrected chi connectivity index (χ3v) is 5.71. The number of hydrogen-bond donors (Lipinski definition) is 1. The number of aryl methyl sites for hydroxylation is 1. The van der Waals surface area contributed by atoms with Gasteiger partial charge in [-0.2, -0.15) is 5.10 Å². The summed E-state index contributed by atoms with van der Waals surface area (Å²) < 4.78 is 3.96. The molecule has 0 unspecified atom stereocenters. The Labute approximate surface area is 157 Å². The molecular weight excluding hydrogens is 346 g/mol. The zero-order valence-electron chi connectivity index (χ0n) is 14.8. The van der Waals surface area contributed by atoms with Gasteiger partial charge in [-0.1, -0.05) is 6.07 Å². The lowest BCUT2D eigenvalue weighted by atomic mass is 10.1. The summed E-state index contributed by atoms with van der Waals surface area (Å²) in [5, 5.41) is 9.67. The number of thiophene rings is 1. The lowest BCUT2D eigenvalue weighted by Gasteiger charge is -2.33. The van der Waals surface area contributed by atoms with Crippen LogP contribution in [0.5, 0.6) is 0 Å². The minimum atomic E-state index is -0.0237. The summed E-state index contributed by atoms with van der Waals surface area (Å²) in [5.41, 5.74) is 1.93. The summed E-state index contributed by atoms with van der Waals surface area (Å²) in [6, 6.07) is 10.4. The van der Waals surface area contributed by atoms with Gasteiger partial charge in [0.1, 0.15) is 5.69 Å². The molecule has 0 spiro atoms. The second-order valence-electron chi connectivity index (χ2n) is 6.72. The molecule has 6 nitrogen and oxygen atoms in total. The molecule has 1 atom stereocenters. The van der Waals surface area contributed by atoms with Gasteiger partial charge in [-0.15, -0.1) is 11.3 Å². The highest BCUT2D eigenvalue weighted by atomic mass is 32.1. The van der Waals surface area contributed by atoms with Gasteiger partial charge in [0.15, 0.2) is 0 Å². The molecule has 136 valence electrons. The number of aromatic nitrogens is 3. The number of rotatable bonds is 6. The van der Waals surface area contributed by atoms with Crippen LogP contribution in [0.2, 0.25) is 0 Å². The molecule has 26 heavy (non-hydrogen) atoms. The second-order valence-corrected chi connectivity index (χ2v) is 7.75. The molecule has 1 aliphatic heterocycles. The molecule has 0 saturated carbocycles. The van der Waals surface area contributed by atoms with Gasteiger partial charge in [-0.3, -0.25) is 14.4 Å². The summed E-state index contributed by atoms with van der Waals surface area (Å²) in [7, 11) is 1.88. The van der Waals surface area contributed by atoms with Gasteiger partial charge in [-0.05, 0) is 36.1 Å². The first-order chi connectivity index (χ1) is 12.7. The van der Waals surface area contributed by atoms with E-state index in [1.54, 1.807) is 11.3 Å². The van der Waals surface area contributed by atoms with Crippen molar-refractivity contribution in [2.45, 2.75) is 25.6 Å². The second kappa shape index (κ2) is 7.47. The van der Waals surface area contributed by atoms with E-state index in [2.05, 4.69) is 43.6 Å². The zero-order chi connectivity index (χ0) is 17.9. The van der Waals surface area contributed by atoms with Gasteiger partial charge in [0, 0.05) is 50.5 Å². The first-order valence-electron chi connectivity index (χ1n) is 8.87. The quantitative estimate of drug-likeness (QED) is 0.727. The fourth-order valence-electron chi connectivity index (χ4n) is 3.56. The van der Waals surface area contributed by atoms with Gasteiger partial charge in [-0.25, -0.2) is 0 Å². The largest absolute Gasteiger partial charge is 0.351 e. The number of fused-ring (bicyclic) bond motifs is 1. The minimum absolute atomic E-state index is 0.0237. The molecule has 0 fully saturated rings. The summed E-state index contributed by atoms with van der Waals surface area (Å²) in [5.74, 6) is -0.0237. The fraction of sp³-hybridized carbons (Fsp3) is 0.368. The van der Waals surface area contributed by atoms with E-state index in [1.807, 2.05) is 36.1 Å². The molecular formula is C19H23N5OS. The highest BCUT2D eigenvalue weighted by molar-refractivity contribution is 7.09. The molecule has 0 radical (unpaired) electrons. The van der Waals surface area contributed by atoms with Crippen LogP contribution in [-0.2, 0) is 20.1 Å². The van der Waals surface area contributed by atoms with Crippen molar-refractivity contribution in [3.8, 4) is 0 Å². The summed E-state index contributed by atoms with van der Waals surface area (Å²) in [4.78, 5) is 16.1. The molecule has 4 rings (SSSR count). The van der Waals surface area contributed by atoms with Gasteiger partial charge in [0.05, 0.1) is 11.7 Å². The van der Waals surface area contributed by atoms with E-state index in [1.165, 1.54) is 10.6 Å². The third kappa shape index (κ3) is 3.59. The Kier molecular flexibility index (Phi) is 4.90. The van der Waals surface area contributed by atoms with Crippen LogP contribution in [-0.4, -0.2) is 38.2 Å². The van der Waals surface area contributed by atoms with Crippen molar-refractivity contribution >= 4 is 17.2 Å². The summed E-state index contributed by atoms with van der Waals surface area (Å²) in [6.07, 6.45) is 4.62. The van der Waals surface area contributed by atoms with Crippen LogP contribution in [0.1, 0.15) is 33.5 Å². The van der Waals surface area contributed by atoms with Crippen LogP contribution < -0.4 is 5.32 Å². The lowest BCUT2D eigenvalue weighted by molar-refractivity contribution is 0.0939. The Balaban J connectivity index is 1.37. The Bertz CT molecular complexity index is 866. The van der Waals surface area contributed by atoms with Crippen LogP contribution in [0.15, 0.2) is 48.1 Å². The van der Waals surface area contributed by atoms with E-state index < -0.39 is 0 Å². The van der Waals surface area contributed by atoms with Gasteiger partial charge >= 0.3 is 0 Å². The maximum absolute atomic E-state index is 12.3. The molecule has 0 aliphatic carbocycles. The Morgan fingerprint density at radius 1 is 1.35 bits per heavy atom. The maximum atomic E-state index is 12.3. The molecule has 1 amide bonds. The van der Waals surface area contributed by atoms with Crippen LogP contribution in [0.4, 0.5) is 0 Å². The van der Waals surface area contributed by atoms with E-state index in [0.717, 1.165) is 26.1 Å². The summed E-state index contributed by atoms with van der Waals surface area (Å²) in [6.45, 7) is 3.48. The van der Waals surface area contributed by atoms with Crippen LogP contribution in [0.3, 0.4) is 0 Å². The topological polar surface area (TPSA) is 55.1 Å². The molecule has 1 N–H and O–H groups in total. The van der Waals surface area contributed by atoms with Crippen molar-refractivity contribution < 1.29 is 4.79 Å². The van der Waals surface area contributed by atoms with Crippen molar-refractivity contribution in [1.29, 1.82) is 0 Å². The smallest absolute Gasteiger partial charge is 0.267 e. The standard InChI is InChI=1S/C19H23N5OS/c1-22-10-2-5-18(22)19(25)20-8-6-15-12-23(14-17-4-3-11-26-17)13-16-7-9-21-24(15)16/h2-5,7,9-11,15H,6,8,12-14H2,1H3,(H,20,25)/t15-/m1/s1. The average Bonchev–Trinajstić information content (AvgIpc) is 3.36. The van der Waals surface area contributed by atoms with Gasteiger partial charge in [0.2, 0.25) is 0 Å². The first-order valence-corrected chi connectivity index (χ1v) is 9.75. The van der Waals surface area contributed by atoms with Crippen molar-refractivity contribution in [3.63, 3.8) is 0 Å². The van der Waals surface area contributed by atoms with Crippen molar-refractivity contribution in [2.75, 3.05) is 13.1 Å². The highest BCUT2D eigenvalue weighted by Crippen LogP contribution is 2.25. The van der Waals surface area contributed by atoms with E-state index >= 15 is 0 Å². The Morgan fingerprint density at radius 2 is 2.27 bits per heavy atom. The van der Waals surface area contributed by atoms with Gasteiger partial charge < -0.3 is 9.88 Å². The molecule has 0 saturated heterocycles. The van der Waals surface area contributed by atoms with Crippen LogP contribution in [0.25, 0.3) is 0 Å². The molecule has 0 aromatic carbocycles. The van der Waals surface area contributed by atoms with E-state index in [9.17, 15) is 4.79 Å². The normalized spacial score (nSPS) is 17.2. The van der Waals surface area contributed by atoms with Crippen LogP contribution in [0, 0.1) is 0 Å². The first kappa shape index (κ1) is 17.1. The number of nitrogens with one attached hydrogen (secondary N) is 1. The lowest BCUT2D eigenvalue weighted by Crippen LogP contribution is -2.38. The Morgan fingerprint density at radius 3 is 3.04 bits per heavy atom. The van der Waals surface area contributed by atoms with E-state index in [0.29, 0.717) is 12.2 Å².